The van der Waals surface area contributed by atoms with E-state index in [-0.39, 0.29) is 0 Å². The highest BCUT2D eigenvalue weighted by Crippen LogP contribution is 2.05. The van der Waals surface area contributed by atoms with Crippen molar-refractivity contribution in [2.24, 2.45) is 5.73 Å². The predicted molar refractivity (Wildman–Crippen MR) is 48.2 cm³/mol. The van der Waals surface area contributed by atoms with Gasteiger partial charge in [-0.1, -0.05) is 0 Å². The molecule has 13 heavy (non-hydrogen) atoms. The number of aliphatic hydroxyl groups is 1. The summed E-state index contributed by atoms with van der Waals surface area (Å²) < 4.78 is 0. The van der Waals surface area contributed by atoms with E-state index in [1.54, 1.807) is 18.3 Å². The standard InChI is InChI=1S/C9H10N2O2/c10-9(13)7-3-1-5-11-8(7)4-2-6-12/h1-3,5-6,12H,4H2,(H2,10,13). The lowest BCUT2D eigenvalue weighted by molar-refractivity contribution is 0.0999. The van der Waals surface area contributed by atoms with Crippen molar-refractivity contribution >= 4 is 5.91 Å². The zero-order valence-corrected chi connectivity index (χ0v) is 6.97. The minimum absolute atomic E-state index is 0.389. The number of allylic oxidation sites excluding steroid dienone is 1. The molecule has 4 heteroatoms. The lowest BCUT2D eigenvalue weighted by Gasteiger charge is -2.00. The van der Waals surface area contributed by atoms with Crippen LogP contribution < -0.4 is 5.73 Å². The van der Waals surface area contributed by atoms with Gasteiger partial charge in [-0.15, -0.1) is 0 Å². The van der Waals surface area contributed by atoms with E-state index in [9.17, 15) is 4.79 Å². The van der Waals surface area contributed by atoms with E-state index in [0.717, 1.165) is 6.26 Å². The number of carbonyl (C=O) groups is 1. The highest BCUT2D eigenvalue weighted by atomic mass is 16.2. The minimum Gasteiger partial charge on any atom is -0.516 e. The fourth-order valence-corrected chi connectivity index (χ4v) is 0.989. The van der Waals surface area contributed by atoms with Crippen molar-refractivity contribution < 1.29 is 9.90 Å². The number of carbonyl (C=O) groups excluding carboxylic acids is 1. The van der Waals surface area contributed by atoms with Crippen molar-refractivity contribution in [2.45, 2.75) is 6.42 Å². The van der Waals surface area contributed by atoms with Gasteiger partial charge in [-0.25, -0.2) is 0 Å². The van der Waals surface area contributed by atoms with Gasteiger partial charge in [-0.05, 0) is 18.2 Å². The summed E-state index contributed by atoms with van der Waals surface area (Å²) in [6, 6.07) is 3.25. The summed E-state index contributed by atoms with van der Waals surface area (Å²) in [4.78, 5) is 14.9. The molecule has 0 aliphatic carbocycles. The average Bonchev–Trinajstić information content (AvgIpc) is 2.15. The second-order valence-electron chi connectivity index (χ2n) is 2.45. The SMILES string of the molecule is NC(=O)c1cccnc1CC=CO. The number of nitrogens with two attached hydrogens (primary N) is 1. The molecule has 0 aliphatic heterocycles. The first-order chi connectivity index (χ1) is 6.25. The molecule has 0 spiro atoms. The van der Waals surface area contributed by atoms with Crippen LogP contribution in [0.25, 0.3) is 0 Å². The topological polar surface area (TPSA) is 76.2 Å². The van der Waals surface area contributed by atoms with Gasteiger partial charge in [0.15, 0.2) is 0 Å². The summed E-state index contributed by atoms with van der Waals surface area (Å²) in [6.07, 6.45) is 4.39. The summed E-state index contributed by atoms with van der Waals surface area (Å²) in [6.45, 7) is 0. The Morgan fingerprint density at radius 3 is 3.08 bits per heavy atom. The van der Waals surface area contributed by atoms with E-state index in [1.807, 2.05) is 0 Å². The Morgan fingerprint density at radius 2 is 2.46 bits per heavy atom. The van der Waals surface area contributed by atoms with Gasteiger partial charge in [-0.3, -0.25) is 9.78 Å². The second-order valence-corrected chi connectivity index (χ2v) is 2.45. The maximum atomic E-state index is 10.9. The third-order valence-corrected chi connectivity index (χ3v) is 1.57. The minimum atomic E-state index is -0.505. The molecule has 1 amide bonds. The third kappa shape index (κ3) is 2.30. The van der Waals surface area contributed by atoms with Gasteiger partial charge in [0.05, 0.1) is 17.5 Å². The van der Waals surface area contributed by atoms with Gasteiger partial charge < -0.3 is 10.8 Å². The molecule has 0 unspecified atom stereocenters. The van der Waals surface area contributed by atoms with Crippen LogP contribution in [0.15, 0.2) is 30.7 Å². The van der Waals surface area contributed by atoms with Gasteiger partial charge in [-0.2, -0.15) is 0 Å². The number of pyridine rings is 1. The molecule has 1 rings (SSSR count). The van der Waals surface area contributed by atoms with E-state index in [1.165, 1.54) is 6.08 Å². The van der Waals surface area contributed by atoms with E-state index in [2.05, 4.69) is 4.98 Å². The van der Waals surface area contributed by atoms with Crippen molar-refractivity contribution in [3.8, 4) is 0 Å². The van der Waals surface area contributed by atoms with Crippen LogP contribution in [0.1, 0.15) is 16.1 Å². The fraction of sp³-hybridized carbons (Fsp3) is 0.111. The zero-order valence-electron chi connectivity index (χ0n) is 6.97. The summed E-state index contributed by atoms with van der Waals surface area (Å²) in [5.41, 5.74) is 6.08. The normalized spacial score (nSPS) is 10.5. The molecule has 0 radical (unpaired) electrons. The summed E-state index contributed by atoms with van der Waals surface area (Å²) in [5, 5.41) is 8.43. The molecule has 0 aliphatic rings. The first-order valence-electron chi connectivity index (χ1n) is 3.78. The molecule has 0 saturated heterocycles. The summed E-state index contributed by atoms with van der Waals surface area (Å²) >= 11 is 0. The molecule has 1 aromatic heterocycles. The van der Waals surface area contributed by atoms with Crippen LogP contribution in [0.4, 0.5) is 0 Å². The first kappa shape index (κ1) is 9.25. The zero-order chi connectivity index (χ0) is 9.68. The Balaban J connectivity index is 2.97. The van der Waals surface area contributed by atoms with E-state index in [4.69, 9.17) is 10.8 Å². The number of rotatable bonds is 3. The number of nitrogens with zero attached hydrogens (tertiary/aromatic N) is 1. The van der Waals surface area contributed by atoms with Gasteiger partial charge in [0, 0.05) is 12.6 Å². The monoisotopic (exact) mass is 178 g/mol. The average molecular weight is 178 g/mol. The van der Waals surface area contributed by atoms with E-state index in [0.29, 0.717) is 17.7 Å². The maximum Gasteiger partial charge on any atom is 0.250 e. The summed E-state index contributed by atoms with van der Waals surface area (Å²) in [7, 11) is 0. The molecule has 0 aromatic carbocycles. The van der Waals surface area contributed by atoms with Crippen LogP contribution in [0.3, 0.4) is 0 Å². The Bertz CT molecular complexity index is 334. The van der Waals surface area contributed by atoms with Crippen molar-refractivity contribution in [1.82, 2.24) is 4.98 Å². The molecule has 1 heterocycles. The maximum absolute atomic E-state index is 10.9. The summed E-state index contributed by atoms with van der Waals surface area (Å²) in [5.74, 6) is -0.505. The van der Waals surface area contributed by atoms with Crippen LogP contribution in [0.5, 0.6) is 0 Å². The van der Waals surface area contributed by atoms with Crippen LogP contribution in [0, 0.1) is 0 Å². The van der Waals surface area contributed by atoms with Crippen molar-refractivity contribution in [1.29, 1.82) is 0 Å². The fourth-order valence-electron chi connectivity index (χ4n) is 0.989. The smallest absolute Gasteiger partial charge is 0.250 e. The van der Waals surface area contributed by atoms with Crippen molar-refractivity contribution in [2.75, 3.05) is 0 Å². The number of aromatic nitrogens is 1. The number of primary amides is 1. The van der Waals surface area contributed by atoms with Crippen LogP contribution in [-0.2, 0) is 6.42 Å². The van der Waals surface area contributed by atoms with E-state index < -0.39 is 5.91 Å². The highest BCUT2D eigenvalue weighted by Gasteiger charge is 2.06. The Morgan fingerprint density at radius 1 is 1.69 bits per heavy atom. The molecule has 0 atom stereocenters. The van der Waals surface area contributed by atoms with Crippen LogP contribution in [-0.4, -0.2) is 16.0 Å². The highest BCUT2D eigenvalue weighted by molar-refractivity contribution is 5.93. The van der Waals surface area contributed by atoms with Gasteiger partial charge in [0.2, 0.25) is 0 Å². The predicted octanol–water partition coefficient (Wildman–Crippen LogP) is 0.795. The molecular weight excluding hydrogens is 168 g/mol. The number of hydrogen-bond donors (Lipinski definition) is 2. The lowest BCUT2D eigenvalue weighted by Crippen LogP contribution is -2.14. The lowest BCUT2D eigenvalue weighted by atomic mass is 10.1. The molecule has 68 valence electrons. The number of aliphatic hydroxyl groups excluding tert-OH is 1. The van der Waals surface area contributed by atoms with Gasteiger partial charge in [0.1, 0.15) is 0 Å². The van der Waals surface area contributed by atoms with E-state index >= 15 is 0 Å². The van der Waals surface area contributed by atoms with Gasteiger partial charge >= 0.3 is 0 Å². The van der Waals surface area contributed by atoms with Crippen molar-refractivity contribution in [3.63, 3.8) is 0 Å². The van der Waals surface area contributed by atoms with Crippen LogP contribution in [0.2, 0.25) is 0 Å². The third-order valence-electron chi connectivity index (χ3n) is 1.57. The molecule has 0 fully saturated rings. The molecule has 0 bridgehead atoms. The van der Waals surface area contributed by atoms with Crippen molar-refractivity contribution in [3.05, 3.63) is 41.9 Å². The Labute approximate surface area is 75.7 Å². The Hall–Kier alpha value is -1.84. The largest absolute Gasteiger partial charge is 0.516 e. The number of hydrogen-bond acceptors (Lipinski definition) is 3. The molecule has 3 N–H and O–H groups in total. The second kappa shape index (κ2) is 4.25. The molecule has 4 nitrogen and oxygen atoms in total. The number of amides is 1. The van der Waals surface area contributed by atoms with Crippen LogP contribution >= 0.6 is 0 Å². The quantitative estimate of drug-likeness (QED) is 0.672. The molecular formula is C9H10N2O2. The van der Waals surface area contributed by atoms with Gasteiger partial charge in [0.25, 0.3) is 5.91 Å². The molecule has 0 saturated carbocycles. The first-order valence-corrected chi connectivity index (χ1v) is 3.78. The Kier molecular flexibility index (Phi) is 3.03. The molecule has 1 aromatic rings.